The maximum absolute atomic E-state index is 13.0. The average molecular weight is 406 g/mol. The Morgan fingerprint density at radius 1 is 1.13 bits per heavy atom. The topological polar surface area (TPSA) is 64.8 Å². The summed E-state index contributed by atoms with van der Waals surface area (Å²) in [7, 11) is 0. The van der Waals surface area contributed by atoms with Gasteiger partial charge < -0.3 is 14.0 Å². The van der Waals surface area contributed by atoms with Gasteiger partial charge in [-0.1, -0.05) is 47.6 Å². The van der Waals surface area contributed by atoms with Crippen molar-refractivity contribution in [3.05, 3.63) is 83.2 Å². The van der Waals surface area contributed by atoms with Gasteiger partial charge in [-0.3, -0.25) is 4.90 Å². The molecule has 1 amide bonds. The van der Waals surface area contributed by atoms with Crippen LogP contribution >= 0.6 is 0 Å². The van der Waals surface area contributed by atoms with Crippen LogP contribution in [-0.2, 0) is 17.8 Å². The van der Waals surface area contributed by atoms with E-state index < -0.39 is 11.6 Å². The van der Waals surface area contributed by atoms with Crippen molar-refractivity contribution in [1.29, 1.82) is 0 Å². The highest BCUT2D eigenvalue weighted by Gasteiger charge is 2.38. The molecule has 0 bridgehead atoms. The SMILES string of the molecule is CC(C)(C)OC(=O)N1CCc2cccc(OCc3ccccc3)c2C1c1ccon1. The number of nitrogens with zero attached hydrogens (tertiary/aromatic N) is 2. The van der Waals surface area contributed by atoms with E-state index in [1.54, 1.807) is 11.0 Å². The molecular weight excluding hydrogens is 380 g/mol. The van der Waals surface area contributed by atoms with Crippen LogP contribution in [0.5, 0.6) is 5.75 Å². The first-order valence-corrected chi connectivity index (χ1v) is 10.1. The van der Waals surface area contributed by atoms with Crippen molar-refractivity contribution in [1.82, 2.24) is 10.1 Å². The van der Waals surface area contributed by atoms with Gasteiger partial charge in [0.15, 0.2) is 0 Å². The summed E-state index contributed by atoms with van der Waals surface area (Å²) in [5.74, 6) is 0.734. The third kappa shape index (κ3) is 4.32. The van der Waals surface area contributed by atoms with Crippen LogP contribution in [-0.4, -0.2) is 28.3 Å². The van der Waals surface area contributed by atoms with Crippen molar-refractivity contribution >= 4 is 6.09 Å². The highest BCUT2D eigenvalue weighted by molar-refractivity contribution is 5.71. The molecular formula is C24H26N2O4. The number of ether oxygens (including phenoxy) is 2. The fourth-order valence-corrected chi connectivity index (χ4v) is 3.69. The highest BCUT2D eigenvalue weighted by Crippen LogP contribution is 2.41. The smallest absolute Gasteiger partial charge is 0.411 e. The third-order valence-corrected chi connectivity index (χ3v) is 4.97. The Morgan fingerprint density at radius 2 is 1.93 bits per heavy atom. The van der Waals surface area contributed by atoms with Crippen LogP contribution in [0.3, 0.4) is 0 Å². The number of carbonyl (C=O) groups is 1. The minimum absolute atomic E-state index is 0.376. The monoisotopic (exact) mass is 406 g/mol. The van der Waals surface area contributed by atoms with Crippen LogP contribution in [0.25, 0.3) is 0 Å². The van der Waals surface area contributed by atoms with E-state index in [1.165, 1.54) is 6.26 Å². The molecule has 0 radical (unpaired) electrons. The molecule has 6 heteroatoms. The zero-order valence-corrected chi connectivity index (χ0v) is 17.5. The molecule has 30 heavy (non-hydrogen) atoms. The predicted molar refractivity (Wildman–Crippen MR) is 112 cm³/mol. The minimum atomic E-state index is -0.588. The van der Waals surface area contributed by atoms with Crippen molar-refractivity contribution in [3.63, 3.8) is 0 Å². The van der Waals surface area contributed by atoms with E-state index in [0.29, 0.717) is 25.3 Å². The number of amides is 1. The molecule has 3 aromatic rings. The number of rotatable bonds is 4. The van der Waals surface area contributed by atoms with Crippen molar-refractivity contribution in [2.45, 2.75) is 45.4 Å². The van der Waals surface area contributed by atoms with E-state index in [9.17, 15) is 4.79 Å². The lowest BCUT2D eigenvalue weighted by atomic mass is 9.90. The quantitative estimate of drug-likeness (QED) is 0.600. The molecule has 0 fully saturated rings. The number of hydrogen-bond acceptors (Lipinski definition) is 5. The molecule has 1 aliphatic rings. The highest BCUT2D eigenvalue weighted by atomic mass is 16.6. The fraction of sp³-hybridized carbons (Fsp3) is 0.333. The number of fused-ring (bicyclic) bond motifs is 1. The molecule has 2 aromatic carbocycles. The Bertz CT molecular complexity index is 994. The summed E-state index contributed by atoms with van der Waals surface area (Å²) in [6.45, 7) is 6.56. The summed E-state index contributed by atoms with van der Waals surface area (Å²) in [4.78, 5) is 14.7. The molecule has 0 spiro atoms. The van der Waals surface area contributed by atoms with E-state index >= 15 is 0 Å². The molecule has 0 saturated carbocycles. The Morgan fingerprint density at radius 3 is 2.63 bits per heavy atom. The Kier molecular flexibility index (Phi) is 5.48. The van der Waals surface area contributed by atoms with Gasteiger partial charge in [-0.25, -0.2) is 4.79 Å². The van der Waals surface area contributed by atoms with Crippen LogP contribution in [0.2, 0.25) is 0 Å². The van der Waals surface area contributed by atoms with Crippen molar-refractivity contribution in [3.8, 4) is 5.75 Å². The molecule has 0 N–H and O–H groups in total. The maximum atomic E-state index is 13.0. The molecule has 0 aliphatic carbocycles. The standard InChI is InChI=1S/C24H26N2O4/c1-24(2,3)30-23(27)26-14-12-18-10-7-11-20(28-16-17-8-5-4-6-9-17)21(18)22(26)19-13-15-29-25-19/h4-11,13,15,22H,12,14,16H2,1-3H3. The van der Waals surface area contributed by atoms with E-state index in [2.05, 4.69) is 11.2 Å². The largest absolute Gasteiger partial charge is 0.489 e. The lowest BCUT2D eigenvalue weighted by molar-refractivity contribution is 0.0170. The fourth-order valence-electron chi connectivity index (χ4n) is 3.69. The van der Waals surface area contributed by atoms with Crippen molar-refractivity contribution < 1.29 is 18.8 Å². The molecule has 1 aliphatic heterocycles. The van der Waals surface area contributed by atoms with E-state index in [4.69, 9.17) is 14.0 Å². The second-order valence-corrected chi connectivity index (χ2v) is 8.35. The van der Waals surface area contributed by atoms with Gasteiger partial charge in [-0.05, 0) is 44.4 Å². The summed E-state index contributed by atoms with van der Waals surface area (Å²) in [6, 6.07) is 17.4. The molecule has 1 unspecified atom stereocenters. The van der Waals surface area contributed by atoms with E-state index in [-0.39, 0.29) is 6.09 Å². The first-order valence-electron chi connectivity index (χ1n) is 10.1. The lowest BCUT2D eigenvalue weighted by Gasteiger charge is -2.37. The van der Waals surface area contributed by atoms with Crippen LogP contribution in [0.1, 0.15) is 49.2 Å². The second kappa shape index (κ2) is 8.22. The van der Waals surface area contributed by atoms with Gasteiger partial charge in [-0.15, -0.1) is 0 Å². The van der Waals surface area contributed by atoms with Gasteiger partial charge in [0.25, 0.3) is 0 Å². The molecule has 156 valence electrons. The van der Waals surface area contributed by atoms with Crippen LogP contribution in [0.4, 0.5) is 4.79 Å². The summed E-state index contributed by atoms with van der Waals surface area (Å²) < 4.78 is 17.0. The van der Waals surface area contributed by atoms with E-state index in [1.807, 2.05) is 63.2 Å². The van der Waals surface area contributed by atoms with Gasteiger partial charge in [0.2, 0.25) is 0 Å². The van der Waals surface area contributed by atoms with Crippen molar-refractivity contribution in [2.75, 3.05) is 6.54 Å². The maximum Gasteiger partial charge on any atom is 0.411 e. The number of aromatic nitrogens is 1. The number of benzene rings is 2. The first-order chi connectivity index (χ1) is 14.4. The Balaban J connectivity index is 1.70. The van der Waals surface area contributed by atoms with Gasteiger partial charge >= 0.3 is 6.09 Å². The Hall–Kier alpha value is -3.28. The summed E-state index contributed by atoms with van der Waals surface area (Å²) in [5.41, 5.74) is 3.20. The molecule has 1 aromatic heterocycles. The normalized spacial score (nSPS) is 16.1. The van der Waals surface area contributed by atoms with Gasteiger partial charge in [0.1, 0.15) is 36.0 Å². The predicted octanol–water partition coefficient (Wildman–Crippen LogP) is 5.14. The average Bonchev–Trinajstić information content (AvgIpc) is 3.25. The summed E-state index contributed by atoms with van der Waals surface area (Å²) >= 11 is 0. The lowest BCUT2D eigenvalue weighted by Crippen LogP contribution is -2.43. The zero-order chi connectivity index (χ0) is 21.1. The van der Waals surface area contributed by atoms with Crippen LogP contribution in [0, 0.1) is 0 Å². The number of hydrogen-bond donors (Lipinski definition) is 0. The number of carbonyl (C=O) groups excluding carboxylic acids is 1. The third-order valence-electron chi connectivity index (χ3n) is 4.97. The molecule has 1 atom stereocenters. The molecule has 6 nitrogen and oxygen atoms in total. The minimum Gasteiger partial charge on any atom is -0.489 e. The molecule has 2 heterocycles. The molecule has 0 saturated heterocycles. The first kappa shape index (κ1) is 20.0. The van der Waals surface area contributed by atoms with Crippen molar-refractivity contribution in [2.24, 2.45) is 0 Å². The van der Waals surface area contributed by atoms with Gasteiger partial charge in [-0.2, -0.15) is 0 Å². The summed E-state index contributed by atoms with van der Waals surface area (Å²) in [6.07, 6.45) is 1.86. The van der Waals surface area contributed by atoms with E-state index in [0.717, 1.165) is 22.4 Å². The van der Waals surface area contributed by atoms with Crippen LogP contribution in [0.15, 0.2) is 65.4 Å². The van der Waals surface area contributed by atoms with Gasteiger partial charge in [0.05, 0.1) is 0 Å². The second-order valence-electron chi connectivity index (χ2n) is 8.35. The summed E-state index contributed by atoms with van der Waals surface area (Å²) in [5, 5.41) is 4.15. The zero-order valence-electron chi connectivity index (χ0n) is 17.5. The molecule has 4 rings (SSSR count). The van der Waals surface area contributed by atoms with Crippen LogP contribution < -0.4 is 4.74 Å². The van der Waals surface area contributed by atoms with Gasteiger partial charge in [0, 0.05) is 18.2 Å². The Labute approximate surface area is 176 Å².